The Morgan fingerprint density at radius 1 is 1.13 bits per heavy atom. The maximum atomic E-state index is 6.12. The number of nitrogens with one attached hydrogen (secondary N) is 1. The summed E-state index contributed by atoms with van der Waals surface area (Å²) in [6, 6.07) is 5.91. The summed E-state index contributed by atoms with van der Waals surface area (Å²) in [6.45, 7) is 2.44. The van der Waals surface area contributed by atoms with Crippen LogP contribution < -0.4 is 0 Å². The van der Waals surface area contributed by atoms with Crippen molar-refractivity contribution in [2.24, 2.45) is 23.7 Å². The Kier molecular flexibility index (Phi) is 4.56. The van der Waals surface area contributed by atoms with E-state index < -0.39 is 0 Å². The Balaban J connectivity index is 1.44. The van der Waals surface area contributed by atoms with E-state index in [1.165, 1.54) is 31.9 Å². The maximum Gasteiger partial charge on any atom is 0.163 e. The minimum atomic E-state index is 0.350. The first-order valence-corrected chi connectivity index (χ1v) is 11.5. The molecule has 7 rings (SSSR count). The average Bonchev–Trinajstić information content (AvgIpc) is 3.46. The molecule has 7 heteroatoms. The molecule has 2 atom stereocenters. The topological polar surface area (TPSA) is 80.5 Å². The molecule has 0 aliphatic heterocycles. The van der Waals surface area contributed by atoms with Crippen LogP contribution in [0.1, 0.15) is 38.3 Å². The summed E-state index contributed by atoms with van der Waals surface area (Å²) in [4.78, 5) is 21.8. The fraction of sp³-hybridized carbons (Fsp3) is 0.417. The number of rotatable bonds is 4. The predicted molar refractivity (Wildman–Crippen MR) is 119 cm³/mol. The molecule has 0 aromatic carbocycles. The van der Waals surface area contributed by atoms with E-state index in [4.69, 9.17) is 26.0 Å². The molecule has 0 amide bonds. The van der Waals surface area contributed by atoms with Crippen molar-refractivity contribution in [3.05, 3.63) is 47.7 Å². The third-order valence-electron chi connectivity index (χ3n) is 7.43. The van der Waals surface area contributed by atoms with Gasteiger partial charge in [0.2, 0.25) is 0 Å². The summed E-state index contributed by atoms with van der Waals surface area (Å²) < 4.78 is 5.67. The molecular weight excluding hydrogens is 410 g/mol. The van der Waals surface area contributed by atoms with Crippen LogP contribution in [-0.4, -0.2) is 24.9 Å². The largest absolute Gasteiger partial charge is 0.463 e. The zero-order valence-corrected chi connectivity index (χ0v) is 18.1. The second-order valence-corrected chi connectivity index (χ2v) is 9.43. The lowest BCUT2D eigenvalue weighted by molar-refractivity contribution is 0.0339. The van der Waals surface area contributed by atoms with Crippen LogP contribution in [-0.2, 0) is 6.42 Å². The number of hydrogen-bond donors (Lipinski definition) is 1. The molecule has 0 spiro atoms. The third kappa shape index (κ3) is 3.33. The molecule has 6 nitrogen and oxygen atoms in total. The molecule has 2 bridgehead atoms. The average molecular weight is 434 g/mol. The molecule has 0 unspecified atom stereocenters. The van der Waals surface area contributed by atoms with Gasteiger partial charge in [-0.2, -0.15) is 0 Å². The highest BCUT2D eigenvalue weighted by Gasteiger charge is 2.41. The van der Waals surface area contributed by atoms with E-state index in [0.717, 1.165) is 46.9 Å². The van der Waals surface area contributed by atoms with Crippen LogP contribution in [0.2, 0.25) is 5.15 Å². The SMILES string of the molecule is C[C@@H]1C2CCC(CC2)[C@H]1Cc1cc(-c2ccco2)nc(-c2c[nH]c3ncc(Cl)nc23)n1. The van der Waals surface area contributed by atoms with Gasteiger partial charge in [0.05, 0.1) is 18.0 Å². The summed E-state index contributed by atoms with van der Waals surface area (Å²) in [5.74, 6) is 4.47. The van der Waals surface area contributed by atoms with Gasteiger partial charge in [-0.05, 0) is 74.0 Å². The molecule has 3 fully saturated rings. The standard InChI is InChI=1S/C24H24ClN5O/c1-13-14-4-6-15(7-5-14)17(13)9-16-10-19(20-3-2-8-31-20)29-23(28-16)18-11-26-24-22(18)30-21(25)12-27-24/h2-3,8,10-15,17H,4-7,9H2,1H3,(H,26,27)/t13-,14?,15?,17+/m1/s1. The van der Waals surface area contributed by atoms with Gasteiger partial charge >= 0.3 is 0 Å². The number of H-pyrrole nitrogens is 1. The van der Waals surface area contributed by atoms with Crippen LogP contribution in [0.4, 0.5) is 0 Å². The summed E-state index contributed by atoms with van der Waals surface area (Å²) in [5, 5.41) is 0.350. The molecule has 4 aromatic rings. The van der Waals surface area contributed by atoms with Crippen molar-refractivity contribution in [2.45, 2.75) is 39.0 Å². The second kappa shape index (κ2) is 7.45. The normalized spacial score (nSPS) is 25.4. The van der Waals surface area contributed by atoms with E-state index in [-0.39, 0.29) is 0 Å². The predicted octanol–water partition coefficient (Wildman–Crippen LogP) is 5.94. The number of fused-ring (bicyclic) bond motifs is 4. The zero-order chi connectivity index (χ0) is 20.9. The summed E-state index contributed by atoms with van der Waals surface area (Å²) in [7, 11) is 0. The van der Waals surface area contributed by atoms with Gasteiger partial charge in [-0.1, -0.05) is 18.5 Å². The number of halogens is 1. The van der Waals surface area contributed by atoms with Gasteiger partial charge < -0.3 is 9.40 Å². The quantitative estimate of drug-likeness (QED) is 0.430. The fourth-order valence-electron chi connectivity index (χ4n) is 5.79. The number of furan rings is 1. The van der Waals surface area contributed by atoms with Crippen LogP contribution in [0.25, 0.3) is 34.0 Å². The Hall–Kier alpha value is -2.73. The molecule has 3 aliphatic carbocycles. The highest BCUT2D eigenvalue weighted by atomic mass is 35.5. The molecule has 0 saturated heterocycles. The van der Waals surface area contributed by atoms with E-state index in [9.17, 15) is 0 Å². The minimum absolute atomic E-state index is 0.350. The number of aromatic nitrogens is 5. The minimum Gasteiger partial charge on any atom is -0.463 e. The van der Waals surface area contributed by atoms with Crippen molar-refractivity contribution < 1.29 is 4.42 Å². The van der Waals surface area contributed by atoms with Crippen LogP contribution >= 0.6 is 11.6 Å². The Labute approximate surface area is 185 Å². The lowest BCUT2D eigenvalue weighted by Crippen LogP contribution is -2.39. The van der Waals surface area contributed by atoms with E-state index in [0.29, 0.717) is 28.1 Å². The molecule has 1 N–H and O–H groups in total. The summed E-state index contributed by atoms with van der Waals surface area (Å²) in [6.07, 6.45) is 11.6. The second-order valence-electron chi connectivity index (χ2n) is 9.04. The molecule has 158 valence electrons. The van der Waals surface area contributed by atoms with E-state index in [2.05, 4.69) is 27.9 Å². The molecule has 4 aromatic heterocycles. The lowest BCUT2D eigenvalue weighted by atomic mass is 9.58. The Morgan fingerprint density at radius 2 is 1.97 bits per heavy atom. The van der Waals surface area contributed by atoms with Gasteiger partial charge in [-0.25, -0.2) is 19.9 Å². The van der Waals surface area contributed by atoms with Crippen molar-refractivity contribution in [3.63, 3.8) is 0 Å². The van der Waals surface area contributed by atoms with E-state index in [1.54, 1.807) is 6.26 Å². The number of aromatic amines is 1. The van der Waals surface area contributed by atoms with Crippen LogP contribution in [0.15, 0.2) is 41.3 Å². The monoisotopic (exact) mass is 433 g/mol. The van der Waals surface area contributed by atoms with Gasteiger partial charge in [0, 0.05) is 11.9 Å². The van der Waals surface area contributed by atoms with E-state index >= 15 is 0 Å². The maximum absolute atomic E-state index is 6.12. The molecule has 3 aliphatic rings. The van der Waals surface area contributed by atoms with E-state index in [1.807, 2.05) is 18.3 Å². The van der Waals surface area contributed by atoms with Crippen molar-refractivity contribution >= 4 is 22.8 Å². The molecule has 31 heavy (non-hydrogen) atoms. The van der Waals surface area contributed by atoms with Gasteiger partial charge in [0.25, 0.3) is 0 Å². The van der Waals surface area contributed by atoms with Gasteiger partial charge in [-0.15, -0.1) is 0 Å². The third-order valence-corrected chi connectivity index (χ3v) is 7.61. The summed E-state index contributed by atoms with van der Waals surface area (Å²) in [5.41, 5.74) is 4.01. The van der Waals surface area contributed by atoms with Crippen molar-refractivity contribution in [2.75, 3.05) is 0 Å². The molecule has 0 radical (unpaired) electrons. The molecule has 4 heterocycles. The highest BCUT2D eigenvalue weighted by Crippen LogP contribution is 2.49. The first kappa shape index (κ1) is 19.0. The Bertz CT molecular complexity index is 1220. The Morgan fingerprint density at radius 3 is 2.74 bits per heavy atom. The number of nitrogens with zero attached hydrogens (tertiary/aromatic N) is 4. The van der Waals surface area contributed by atoms with Crippen LogP contribution in [0.3, 0.4) is 0 Å². The molecular formula is C24H24ClN5O. The van der Waals surface area contributed by atoms with Crippen molar-refractivity contribution in [1.29, 1.82) is 0 Å². The van der Waals surface area contributed by atoms with Gasteiger partial charge in [0.15, 0.2) is 17.2 Å². The lowest BCUT2D eigenvalue weighted by Gasteiger charge is -2.47. The van der Waals surface area contributed by atoms with Crippen LogP contribution in [0.5, 0.6) is 0 Å². The number of hydrogen-bond acceptors (Lipinski definition) is 5. The van der Waals surface area contributed by atoms with Gasteiger partial charge in [0.1, 0.15) is 16.4 Å². The van der Waals surface area contributed by atoms with Crippen molar-refractivity contribution in [1.82, 2.24) is 24.9 Å². The molecule has 3 saturated carbocycles. The first-order chi connectivity index (χ1) is 15.2. The smallest absolute Gasteiger partial charge is 0.163 e. The first-order valence-electron chi connectivity index (χ1n) is 11.1. The summed E-state index contributed by atoms with van der Waals surface area (Å²) >= 11 is 6.12. The highest BCUT2D eigenvalue weighted by molar-refractivity contribution is 6.29. The zero-order valence-electron chi connectivity index (χ0n) is 17.4. The fourth-order valence-corrected chi connectivity index (χ4v) is 5.92. The van der Waals surface area contributed by atoms with Gasteiger partial charge in [-0.3, -0.25) is 0 Å². The van der Waals surface area contributed by atoms with Crippen molar-refractivity contribution in [3.8, 4) is 22.8 Å². The van der Waals surface area contributed by atoms with Crippen LogP contribution in [0, 0.1) is 23.7 Å².